The lowest BCUT2D eigenvalue weighted by Crippen LogP contribution is -2.40. The Morgan fingerprint density at radius 3 is 2.68 bits per heavy atom. The molecule has 0 saturated carbocycles. The number of aromatic amines is 1. The van der Waals surface area contributed by atoms with E-state index in [-0.39, 0.29) is 11.8 Å². The Morgan fingerprint density at radius 1 is 1.00 bits per heavy atom. The van der Waals surface area contributed by atoms with Gasteiger partial charge in [-0.2, -0.15) is 0 Å². The monoisotopic (exact) mass is 411 g/mol. The summed E-state index contributed by atoms with van der Waals surface area (Å²) in [5.41, 5.74) is 10.8. The predicted octanol–water partition coefficient (Wildman–Crippen LogP) is 3.98. The van der Waals surface area contributed by atoms with E-state index in [9.17, 15) is 9.59 Å². The van der Waals surface area contributed by atoms with E-state index in [4.69, 9.17) is 5.73 Å². The molecular formula is C24H21N5O2. The fourth-order valence-corrected chi connectivity index (χ4v) is 3.86. The van der Waals surface area contributed by atoms with Crippen molar-refractivity contribution in [1.29, 1.82) is 0 Å². The number of nitrogens with two attached hydrogens (primary N) is 1. The van der Waals surface area contributed by atoms with Crippen LogP contribution >= 0.6 is 0 Å². The lowest BCUT2D eigenvalue weighted by molar-refractivity contribution is -0.117. The van der Waals surface area contributed by atoms with Crippen molar-refractivity contribution in [3.63, 3.8) is 0 Å². The van der Waals surface area contributed by atoms with E-state index in [0.717, 1.165) is 22.2 Å². The number of amides is 2. The molecule has 0 spiro atoms. The Balaban J connectivity index is 1.34. The molecule has 0 unspecified atom stereocenters. The second-order valence-electron chi connectivity index (χ2n) is 7.55. The normalized spacial score (nSPS) is 15.1. The van der Waals surface area contributed by atoms with Gasteiger partial charge in [0.25, 0.3) is 5.91 Å². The van der Waals surface area contributed by atoms with Crippen molar-refractivity contribution in [3.8, 4) is 0 Å². The summed E-state index contributed by atoms with van der Waals surface area (Å²) >= 11 is 0. The highest BCUT2D eigenvalue weighted by Gasteiger charge is 2.27. The average Bonchev–Trinajstić information content (AvgIpc) is 3.18. The third-order valence-electron chi connectivity index (χ3n) is 5.49. The molecule has 1 atom stereocenters. The lowest BCUT2D eigenvalue weighted by atomic mass is 10.0. The summed E-state index contributed by atoms with van der Waals surface area (Å²) in [5, 5.41) is 10.1. The zero-order valence-corrected chi connectivity index (χ0v) is 16.6. The first-order chi connectivity index (χ1) is 15.1. The minimum Gasteiger partial charge on any atom is -0.397 e. The van der Waals surface area contributed by atoms with Gasteiger partial charge in [-0.3, -0.25) is 9.59 Å². The van der Waals surface area contributed by atoms with Gasteiger partial charge in [-0.15, -0.1) is 0 Å². The molecule has 3 aromatic carbocycles. The van der Waals surface area contributed by atoms with Crippen LogP contribution in [0.15, 0.2) is 72.9 Å². The second kappa shape index (κ2) is 7.53. The fraction of sp³-hybridized carbons (Fsp3) is 0.0833. The molecule has 0 aliphatic carbocycles. The summed E-state index contributed by atoms with van der Waals surface area (Å²) in [6.07, 6.45) is 2.49. The third-order valence-corrected chi connectivity index (χ3v) is 5.49. The van der Waals surface area contributed by atoms with Crippen LogP contribution in [-0.2, 0) is 11.2 Å². The van der Waals surface area contributed by atoms with Gasteiger partial charge in [-0.05, 0) is 42.0 Å². The van der Waals surface area contributed by atoms with E-state index in [1.165, 1.54) is 0 Å². The number of nitrogens with one attached hydrogen (secondary N) is 4. The van der Waals surface area contributed by atoms with Crippen LogP contribution < -0.4 is 21.7 Å². The van der Waals surface area contributed by atoms with Gasteiger partial charge in [0.15, 0.2) is 0 Å². The lowest BCUT2D eigenvalue weighted by Gasteiger charge is -2.27. The second-order valence-corrected chi connectivity index (χ2v) is 7.55. The van der Waals surface area contributed by atoms with Crippen molar-refractivity contribution in [3.05, 3.63) is 84.1 Å². The molecule has 1 aromatic heterocycles. The summed E-state index contributed by atoms with van der Waals surface area (Å²) in [6, 6.07) is 19.9. The van der Waals surface area contributed by atoms with Crippen molar-refractivity contribution >= 4 is 45.5 Å². The van der Waals surface area contributed by atoms with Crippen LogP contribution in [0.25, 0.3) is 10.9 Å². The van der Waals surface area contributed by atoms with Crippen molar-refractivity contribution in [2.45, 2.75) is 12.5 Å². The highest BCUT2D eigenvalue weighted by molar-refractivity contribution is 6.09. The Hall–Kier alpha value is -4.26. The molecule has 5 rings (SSSR count). The molecule has 0 fully saturated rings. The Labute approximate surface area is 178 Å². The van der Waals surface area contributed by atoms with Crippen LogP contribution in [-0.4, -0.2) is 22.8 Å². The molecule has 6 N–H and O–H groups in total. The molecule has 1 aliphatic rings. The van der Waals surface area contributed by atoms with E-state index in [2.05, 4.69) is 20.9 Å². The highest BCUT2D eigenvalue weighted by atomic mass is 16.2. The van der Waals surface area contributed by atoms with Gasteiger partial charge in [0.2, 0.25) is 5.91 Å². The number of carbonyl (C=O) groups is 2. The molecule has 0 bridgehead atoms. The number of aromatic nitrogens is 1. The quantitative estimate of drug-likeness (QED) is 0.327. The maximum absolute atomic E-state index is 12.7. The number of nitrogen functional groups attached to an aromatic ring is 1. The van der Waals surface area contributed by atoms with Gasteiger partial charge in [0.1, 0.15) is 6.04 Å². The SMILES string of the molecule is Nc1ccccc1NC(=O)c1ccc2c(c1)NC(=O)[C@H](Cc1c[nH]c3ccccc13)N2. The highest BCUT2D eigenvalue weighted by Crippen LogP contribution is 2.30. The molecule has 2 heterocycles. The van der Waals surface area contributed by atoms with Gasteiger partial charge in [-0.25, -0.2) is 0 Å². The first-order valence-corrected chi connectivity index (χ1v) is 10.0. The minimum atomic E-state index is -0.407. The van der Waals surface area contributed by atoms with Crippen LogP contribution in [0, 0.1) is 0 Å². The summed E-state index contributed by atoms with van der Waals surface area (Å²) in [5.74, 6) is -0.432. The topological polar surface area (TPSA) is 112 Å². The first kappa shape index (κ1) is 18.7. The zero-order chi connectivity index (χ0) is 21.4. The van der Waals surface area contributed by atoms with E-state index in [1.54, 1.807) is 42.5 Å². The van der Waals surface area contributed by atoms with Crippen LogP contribution in [0.2, 0.25) is 0 Å². The molecule has 154 valence electrons. The van der Waals surface area contributed by atoms with Crippen LogP contribution in [0.5, 0.6) is 0 Å². The van der Waals surface area contributed by atoms with Gasteiger partial charge in [-0.1, -0.05) is 30.3 Å². The molecule has 0 radical (unpaired) electrons. The van der Waals surface area contributed by atoms with Gasteiger partial charge in [0, 0.05) is 29.1 Å². The van der Waals surface area contributed by atoms with Crippen LogP contribution in [0.3, 0.4) is 0 Å². The summed E-state index contributed by atoms with van der Waals surface area (Å²) in [7, 11) is 0. The molecule has 7 nitrogen and oxygen atoms in total. The number of benzene rings is 3. The Kier molecular flexibility index (Phi) is 4.55. The third kappa shape index (κ3) is 3.57. The van der Waals surface area contributed by atoms with Crippen molar-refractivity contribution < 1.29 is 9.59 Å². The van der Waals surface area contributed by atoms with Gasteiger partial charge < -0.3 is 26.7 Å². The molecular weight excluding hydrogens is 390 g/mol. The Bertz CT molecular complexity index is 1310. The van der Waals surface area contributed by atoms with Crippen molar-refractivity contribution in [1.82, 2.24) is 4.98 Å². The van der Waals surface area contributed by atoms with Crippen molar-refractivity contribution in [2.75, 3.05) is 21.7 Å². The molecule has 0 saturated heterocycles. The number of carbonyl (C=O) groups excluding carboxylic acids is 2. The summed E-state index contributed by atoms with van der Waals surface area (Å²) in [6.45, 7) is 0. The number of hydrogen-bond donors (Lipinski definition) is 5. The first-order valence-electron chi connectivity index (χ1n) is 10.0. The number of fused-ring (bicyclic) bond motifs is 2. The number of para-hydroxylation sites is 3. The maximum Gasteiger partial charge on any atom is 0.255 e. The van der Waals surface area contributed by atoms with E-state index < -0.39 is 6.04 Å². The van der Waals surface area contributed by atoms with Gasteiger partial charge in [0.05, 0.1) is 22.7 Å². The van der Waals surface area contributed by atoms with Crippen molar-refractivity contribution in [2.24, 2.45) is 0 Å². The molecule has 4 aromatic rings. The van der Waals surface area contributed by atoms with E-state index in [1.807, 2.05) is 30.5 Å². The largest absolute Gasteiger partial charge is 0.397 e. The average molecular weight is 411 g/mol. The summed E-state index contributed by atoms with van der Waals surface area (Å²) in [4.78, 5) is 28.6. The van der Waals surface area contributed by atoms with E-state index >= 15 is 0 Å². The molecule has 7 heteroatoms. The Morgan fingerprint density at radius 2 is 1.81 bits per heavy atom. The maximum atomic E-state index is 12.7. The smallest absolute Gasteiger partial charge is 0.255 e. The minimum absolute atomic E-state index is 0.136. The standard InChI is InChI=1S/C24H21N5O2/c25-17-6-2-4-8-19(17)28-23(30)14-9-10-20-21(11-14)29-24(31)22(27-20)12-15-13-26-18-7-3-1-5-16(15)18/h1-11,13,22,26-27H,12,25H2,(H,28,30)(H,29,31)/t22-/m0/s1. The number of rotatable bonds is 4. The number of H-pyrrole nitrogens is 1. The zero-order valence-electron chi connectivity index (χ0n) is 16.6. The van der Waals surface area contributed by atoms with Crippen LogP contribution in [0.1, 0.15) is 15.9 Å². The van der Waals surface area contributed by atoms with E-state index in [0.29, 0.717) is 29.0 Å². The summed E-state index contributed by atoms with van der Waals surface area (Å²) < 4.78 is 0. The number of anilines is 4. The molecule has 31 heavy (non-hydrogen) atoms. The van der Waals surface area contributed by atoms with Gasteiger partial charge >= 0.3 is 0 Å². The molecule has 1 aliphatic heterocycles. The predicted molar refractivity (Wildman–Crippen MR) is 123 cm³/mol. The molecule has 2 amide bonds. The number of hydrogen-bond acceptors (Lipinski definition) is 4. The fourth-order valence-electron chi connectivity index (χ4n) is 3.86. The van der Waals surface area contributed by atoms with Crippen LogP contribution in [0.4, 0.5) is 22.7 Å².